The predicted molar refractivity (Wildman–Crippen MR) is 226 cm³/mol. The first-order valence-corrected chi connectivity index (χ1v) is 19.2. The number of nitrogen functional groups attached to an aromatic ring is 1. The second kappa shape index (κ2) is 16.5. The molecule has 0 atom stereocenters. The van der Waals surface area contributed by atoms with Crippen molar-refractivity contribution in [3.63, 3.8) is 0 Å². The Kier molecular flexibility index (Phi) is 10.7. The van der Waals surface area contributed by atoms with Crippen LogP contribution in [0.2, 0.25) is 5.15 Å². The number of fused-ring (bicyclic) bond motifs is 4. The molecule has 13 nitrogen and oxygen atoms in total. The molecular formula is C44H38ClN9O4. The quantitative estimate of drug-likeness (QED) is 0.174. The van der Waals surface area contributed by atoms with E-state index >= 15 is 0 Å². The van der Waals surface area contributed by atoms with Gasteiger partial charge in [0.1, 0.15) is 48.0 Å². The number of benzene rings is 4. The van der Waals surface area contributed by atoms with E-state index in [1.165, 1.54) is 12.7 Å². The Labute approximate surface area is 338 Å². The van der Waals surface area contributed by atoms with Crippen molar-refractivity contribution < 1.29 is 19.1 Å². The number of carbonyl (C=O) groups is 2. The van der Waals surface area contributed by atoms with Gasteiger partial charge in [-0.2, -0.15) is 0 Å². The first kappa shape index (κ1) is 37.7. The molecule has 58 heavy (non-hydrogen) atoms. The molecule has 14 heteroatoms. The van der Waals surface area contributed by atoms with Crippen molar-refractivity contribution in [2.45, 2.75) is 13.8 Å². The van der Waals surface area contributed by atoms with E-state index in [9.17, 15) is 9.59 Å². The van der Waals surface area contributed by atoms with Gasteiger partial charge in [0.2, 0.25) is 11.8 Å². The topological polar surface area (TPSA) is 147 Å². The number of anilines is 3. The summed E-state index contributed by atoms with van der Waals surface area (Å²) in [5.41, 5.74) is 12.2. The molecule has 290 valence electrons. The highest BCUT2D eigenvalue weighted by atomic mass is 35.5. The zero-order valence-electron chi connectivity index (χ0n) is 31.7. The first-order chi connectivity index (χ1) is 28.4. The monoisotopic (exact) mass is 791 g/mol. The standard InChI is InChI=1S/C21H15ClN4O2.C21H17N5O2.C2H6/c2*22-19-18-20(24-13-23-19)28-11-10-26(21(18)27)16-6-7-17-14(12-16)8-9-25(17)15-4-2-1-3-5-15;1-2/h1-9,12-13H,10-11H2;1-9,12-13H,10-11H2,(H2,22,23,24);1-2H3. The lowest BCUT2D eigenvalue weighted by Gasteiger charge is -2.20. The highest BCUT2D eigenvalue weighted by molar-refractivity contribution is 6.33. The number of nitrogens with zero attached hydrogens (tertiary/aromatic N) is 8. The lowest BCUT2D eigenvalue weighted by molar-refractivity contribution is 0.0982. The van der Waals surface area contributed by atoms with Gasteiger partial charge in [-0.05, 0) is 72.8 Å². The van der Waals surface area contributed by atoms with Crippen LogP contribution in [-0.2, 0) is 0 Å². The van der Waals surface area contributed by atoms with E-state index in [-0.39, 0.29) is 45.7 Å². The van der Waals surface area contributed by atoms with E-state index in [0.29, 0.717) is 26.3 Å². The van der Waals surface area contributed by atoms with E-state index in [1.54, 1.807) is 9.80 Å². The number of amides is 2. The van der Waals surface area contributed by atoms with E-state index in [0.717, 1.165) is 44.6 Å². The van der Waals surface area contributed by atoms with E-state index in [4.69, 9.17) is 26.8 Å². The van der Waals surface area contributed by atoms with Gasteiger partial charge < -0.3 is 34.1 Å². The zero-order valence-corrected chi connectivity index (χ0v) is 32.5. The van der Waals surface area contributed by atoms with Crippen LogP contribution in [0.5, 0.6) is 11.8 Å². The van der Waals surface area contributed by atoms with Crippen molar-refractivity contribution in [1.29, 1.82) is 0 Å². The molecule has 0 radical (unpaired) electrons. The Morgan fingerprint density at radius 2 is 1.03 bits per heavy atom. The van der Waals surface area contributed by atoms with Crippen LogP contribution < -0.4 is 25.0 Å². The normalized spacial score (nSPS) is 13.5. The molecule has 0 saturated carbocycles. The molecular weight excluding hydrogens is 754 g/mol. The van der Waals surface area contributed by atoms with Gasteiger partial charge in [-0.3, -0.25) is 9.59 Å². The fourth-order valence-electron chi connectivity index (χ4n) is 6.99. The molecule has 0 bridgehead atoms. The van der Waals surface area contributed by atoms with Gasteiger partial charge in [-0.25, -0.2) is 19.9 Å². The van der Waals surface area contributed by atoms with Gasteiger partial charge in [-0.1, -0.05) is 61.8 Å². The number of carbonyl (C=O) groups excluding carboxylic acids is 2. The molecule has 0 aliphatic carbocycles. The fourth-order valence-corrected chi connectivity index (χ4v) is 7.19. The second-order valence-corrected chi connectivity index (χ2v) is 13.3. The number of hydrogen-bond acceptors (Lipinski definition) is 9. The molecule has 0 spiro atoms. The summed E-state index contributed by atoms with van der Waals surface area (Å²) in [6.45, 7) is 5.46. The highest BCUT2D eigenvalue weighted by Gasteiger charge is 2.30. The summed E-state index contributed by atoms with van der Waals surface area (Å²) in [5, 5.41) is 2.17. The second-order valence-electron chi connectivity index (χ2n) is 12.9. The van der Waals surface area contributed by atoms with E-state index < -0.39 is 0 Å². The number of hydrogen-bond donors (Lipinski definition) is 1. The summed E-state index contributed by atoms with van der Waals surface area (Å²) in [7, 11) is 0. The van der Waals surface area contributed by atoms with Crippen LogP contribution in [0.1, 0.15) is 34.6 Å². The molecule has 2 N–H and O–H groups in total. The van der Waals surface area contributed by atoms with Crippen LogP contribution in [-0.4, -0.2) is 67.2 Å². The van der Waals surface area contributed by atoms with Crippen molar-refractivity contribution in [3.8, 4) is 23.1 Å². The number of halogens is 1. The third-order valence-corrected chi connectivity index (χ3v) is 9.96. The summed E-state index contributed by atoms with van der Waals surface area (Å²) in [6.07, 6.45) is 6.65. The maximum Gasteiger partial charge on any atom is 0.267 e. The molecule has 4 aromatic carbocycles. The maximum atomic E-state index is 13.1. The minimum absolute atomic E-state index is 0.0956. The number of aromatic nitrogens is 6. The first-order valence-electron chi connectivity index (χ1n) is 18.8. The molecule has 4 aromatic heterocycles. The zero-order chi connectivity index (χ0) is 40.2. The summed E-state index contributed by atoms with van der Waals surface area (Å²) < 4.78 is 15.4. The summed E-state index contributed by atoms with van der Waals surface area (Å²) in [5.74, 6) is 0.0608. The van der Waals surface area contributed by atoms with Gasteiger partial charge in [-0.15, -0.1) is 0 Å². The van der Waals surface area contributed by atoms with Crippen LogP contribution in [0.3, 0.4) is 0 Å². The highest BCUT2D eigenvalue weighted by Crippen LogP contribution is 2.33. The average Bonchev–Trinajstić information content (AvgIpc) is 3.79. The molecule has 0 fully saturated rings. The van der Waals surface area contributed by atoms with Gasteiger partial charge in [0.25, 0.3) is 11.8 Å². The smallest absolute Gasteiger partial charge is 0.267 e. The maximum absolute atomic E-state index is 13.1. The Balaban J connectivity index is 0.000000155. The van der Waals surface area contributed by atoms with Gasteiger partial charge in [0, 0.05) is 45.9 Å². The number of nitrogens with two attached hydrogens (primary N) is 1. The number of para-hydroxylation sites is 2. The third-order valence-electron chi connectivity index (χ3n) is 9.67. The minimum Gasteiger partial charge on any atom is -0.475 e. The van der Waals surface area contributed by atoms with E-state index in [2.05, 4.69) is 53.3 Å². The molecule has 6 heterocycles. The molecule has 0 unspecified atom stereocenters. The molecule has 2 amide bonds. The SMILES string of the molecule is CC.Nc1ncnc2c1C(=O)N(c1ccc3c(ccn3-c3ccccc3)c1)CCO2.O=C1c2c(Cl)ncnc2OCCN1c1ccc2c(ccn2-c2ccccc2)c1. The van der Waals surface area contributed by atoms with Crippen LogP contribution in [0.4, 0.5) is 17.2 Å². The van der Waals surface area contributed by atoms with Gasteiger partial charge in [0.05, 0.1) is 24.1 Å². The summed E-state index contributed by atoms with van der Waals surface area (Å²) in [4.78, 5) is 45.4. The predicted octanol–water partition coefficient (Wildman–Crippen LogP) is 8.18. The van der Waals surface area contributed by atoms with Crippen LogP contribution in [0.25, 0.3) is 33.2 Å². The Hall–Kier alpha value is -7.25. The fraction of sp³-hybridized carbons (Fsp3) is 0.136. The minimum atomic E-state index is -0.264. The van der Waals surface area contributed by atoms with E-state index in [1.807, 2.05) is 111 Å². The lowest BCUT2D eigenvalue weighted by atomic mass is 10.2. The molecule has 2 aliphatic heterocycles. The number of ether oxygens (including phenoxy) is 2. The summed E-state index contributed by atoms with van der Waals surface area (Å²) >= 11 is 6.15. The largest absolute Gasteiger partial charge is 0.475 e. The molecule has 8 aromatic rings. The Morgan fingerprint density at radius 1 is 0.569 bits per heavy atom. The van der Waals surface area contributed by atoms with Gasteiger partial charge >= 0.3 is 0 Å². The van der Waals surface area contributed by atoms with Crippen molar-refractivity contribution >= 4 is 62.4 Å². The Morgan fingerprint density at radius 3 is 1.55 bits per heavy atom. The number of rotatable bonds is 4. The van der Waals surface area contributed by atoms with Crippen LogP contribution in [0, 0.1) is 0 Å². The van der Waals surface area contributed by atoms with Crippen LogP contribution >= 0.6 is 11.6 Å². The molecule has 10 rings (SSSR count). The van der Waals surface area contributed by atoms with Crippen LogP contribution in [0.15, 0.2) is 134 Å². The van der Waals surface area contributed by atoms with Crippen molar-refractivity contribution in [3.05, 3.63) is 151 Å². The average molecular weight is 792 g/mol. The lowest BCUT2D eigenvalue weighted by Crippen LogP contribution is -2.32. The summed E-state index contributed by atoms with van der Waals surface area (Å²) in [6, 6.07) is 36.2. The van der Waals surface area contributed by atoms with Crippen molar-refractivity contribution in [2.24, 2.45) is 0 Å². The Bertz CT molecular complexity index is 2570. The molecule has 2 aliphatic rings. The van der Waals surface area contributed by atoms with Crippen molar-refractivity contribution in [1.82, 2.24) is 29.1 Å². The molecule has 0 saturated heterocycles. The van der Waals surface area contributed by atoms with Crippen molar-refractivity contribution in [2.75, 3.05) is 41.8 Å². The van der Waals surface area contributed by atoms with Gasteiger partial charge in [0.15, 0.2) is 0 Å². The third kappa shape index (κ3) is 7.14.